The third-order valence-electron chi connectivity index (χ3n) is 7.34. The molecule has 212 valence electrons. The highest BCUT2D eigenvalue weighted by Crippen LogP contribution is 2.28. The zero-order chi connectivity index (χ0) is 28.7. The van der Waals surface area contributed by atoms with Crippen molar-refractivity contribution in [2.75, 3.05) is 24.5 Å². The first-order chi connectivity index (χ1) is 20.6. The van der Waals surface area contributed by atoms with Gasteiger partial charge in [-0.2, -0.15) is 0 Å². The summed E-state index contributed by atoms with van der Waals surface area (Å²) in [6, 6.07) is 28.4. The molecular weight excluding hydrogens is 546 g/mol. The van der Waals surface area contributed by atoms with E-state index in [4.69, 9.17) is 4.74 Å². The van der Waals surface area contributed by atoms with Crippen LogP contribution in [-0.4, -0.2) is 40.7 Å². The van der Waals surface area contributed by atoms with Gasteiger partial charge in [-0.3, -0.25) is 14.9 Å². The number of rotatable bonds is 9. The maximum Gasteiger partial charge on any atom is 0.290 e. The van der Waals surface area contributed by atoms with Gasteiger partial charge in [0, 0.05) is 25.8 Å². The smallest absolute Gasteiger partial charge is 0.290 e. The highest BCUT2D eigenvalue weighted by atomic mass is 32.2. The van der Waals surface area contributed by atoms with Crippen LogP contribution in [0.25, 0.3) is 17.2 Å². The maximum absolute atomic E-state index is 11.8. The summed E-state index contributed by atoms with van der Waals surface area (Å²) in [7, 11) is 0. The van der Waals surface area contributed by atoms with Crippen LogP contribution in [0.2, 0.25) is 0 Å². The van der Waals surface area contributed by atoms with Crippen molar-refractivity contribution in [1.29, 1.82) is 0 Å². The Morgan fingerprint density at radius 2 is 1.71 bits per heavy atom. The van der Waals surface area contributed by atoms with Crippen LogP contribution in [0.1, 0.15) is 24.1 Å². The fraction of sp³-hybridized carbons (Fsp3) is 0.212. The van der Waals surface area contributed by atoms with Gasteiger partial charge in [0.15, 0.2) is 0 Å². The Morgan fingerprint density at radius 3 is 2.48 bits per heavy atom. The lowest BCUT2D eigenvalue weighted by atomic mass is 9.97. The molecule has 2 amide bonds. The van der Waals surface area contributed by atoms with E-state index in [0.29, 0.717) is 22.5 Å². The van der Waals surface area contributed by atoms with Gasteiger partial charge >= 0.3 is 0 Å². The number of imide groups is 1. The van der Waals surface area contributed by atoms with Crippen LogP contribution in [0.4, 0.5) is 10.7 Å². The van der Waals surface area contributed by atoms with Gasteiger partial charge in [-0.1, -0.05) is 48.5 Å². The Labute approximate surface area is 249 Å². The van der Waals surface area contributed by atoms with Crippen molar-refractivity contribution in [1.82, 2.24) is 20.6 Å². The summed E-state index contributed by atoms with van der Waals surface area (Å²) in [6.07, 6.45) is 5.43. The van der Waals surface area contributed by atoms with Crippen LogP contribution in [-0.2, 0) is 11.3 Å². The van der Waals surface area contributed by atoms with Crippen LogP contribution in [0.15, 0.2) is 96.0 Å². The van der Waals surface area contributed by atoms with Crippen molar-refractivity contribution in [2.45, 2.75) is 19.4 Å². The average Bonchev–Trinajstić information content (AvgIpc) is 3.34. The molecule has 0 radical (unpaired) electrons. The predicted molar refractivity (Wildman–Crippen MR) is 166 cm³/mol. The number of nitrogens with zero attached hydrogens (tertiary/aromatic N) is 3. The van der Waals surface area contributed by atoms with E-state index < -0.39 is 0 Å². The third-order valence-corrected chi connectivity index (χ3v) is 8.15. The van der Waals surface area contributed by atoms with Gasteiger partial charge in [0.2, 0.25) is 5.95 Å². The van der Waals surface area contributed by atoms with E-state index in [2.05, 4.69) is 61.9 Å². The molecule has 8 nitrogen and oxygen atoms in total. The molecule has 2 N–H and O–H groups in total. The monoisotopic (exact) mass is 577 g/mol. The summed E-state index contributed by atoms with van der Waals surface area (Å²) < 4.78 is 5.93. The largest absolute Gasteiger partial charge is 0.457 e. The van der Waals surface area contributed by atoms with Crippen LogP contribution >= 0.6 is 11.8 Å². The molecule has 42 heavy (non-hydrogen) atoms. The van der Waals surface area contributed by atoms with Crippen LogP contribution in [0.3, 0.4) is 0 Å². The second kappa shape index (κ2) is 13.0. The maximum atomic E-state index is 11.8. The highest BCUT2D eigenvalue weighted by molar-refractivity contribution is 8.18. The van der Waals surface area contributed by atoms with E-state index in [1.807, 2.05) is 42.5 Å². The molecule has 3 aromatic carbocycles. The Bertz CT molecular complexity index is 1590. The molecule has 2 fully saturated rings. The van der Waals surface area contributed by atoms with Crippen molar-refractivity contribution in [3.8, 4) is 22.6 Å². The fourth-order valence-electron chi connectivity index (χ4n) is 5.11. The second-order valence-electron chi connectivity index (χ2n) is 10.3. The molecule has 0 spiro atoms. The van der Waals surface area contributed by atoms with Crippen LogP contribution in [0.5, 0.6) is 11.5 Å². The Kier molecular flexibility index (Phi) is 8.58. The second-order valence-corrected chi connectivity index (χ2v) is 11.3. The topological polar surface area (TPSA) is 96.5 Å². The number of benzene rings is 3. The summed E-state index contributed by atoms with van der Waals surface area (Å²) in [5, 5.41) is 5.56. The number of hydrogen-bond donors (Lipinski definition) is 2. The van der Waals surface area contributed by atoms with Crippen molar-refractivity contribution in [2.24, 2.45) is 5.92 Å². The first kappa shape index (κ1) is 27.7. The van der Waals surface area contributed by atoms with Gasteiger partial charge in [0.1, 0.15) is 11.5 Å². The molecule has 0 atom stereocenters. The number of hydrogen-bond acceptors (Lipinski definition) is 8. The number of aromatic nitrogens is 2. The number of thioether (sulfide) groups is 1. The fourth-order valence-corrected chi connectivity index (χ4v) is 5.78. The van der Waals surface area contributed by atoms with E-state index in [-0.39, 0.29) is 11.1 Å². The standard InChI is InChI=1S/C33H31N5O3S/c39-31-30(42-33(40)37-31)20-27-13-16-35-32(36-27)38-17-14-23(15-18-38)21-34-22-24-5-4-6-26(19-24)25-9-11-29(12-10-25)41-28-7-2-1-3-8-28/h1-13,16,19-20,23,34H,14-15,17-18,21-22H2,(H,37,39,40)/b30-20-. The third kappa shape index (κ3) is 7.05. The van der Waals surface area contributed by atoms with Gasteiger partial charge in [0.05, 0.1) is 10.6 Å². The number of carbonyl (C=O) groups is 2. The van der Waals surface area contributed by atoms with Crippen molar-refractivity contribution in [3.63, 3.8) is 0 Å². The Morgan fingerprint density at radius 1 is 0.929 bits per heavy atom. The van der Waals surface area contributed by atoms with Crippen molar-refractivity contribution >= 4 is 34.9 Å². The predicted octanol–water partition coefficient (Wildman–Crippen LogP) is 6.27. The number of nitrogens with one attached hydrogen (secondary N) is 2. The minimum atomic E-state index is -0.381. The van der Waals surface area contributed by atoms with Crippen LogP contribution in [0, 0.1) is 5.92 Å². The molecule has 0 aliphatic carbocycles. The number of carbonyl (C=O) groups excluding carboxylic acids is 2. The summed E-state index contributed by atoms with van der Waals surface area (Å²) in [5.41, 5.74) is 4.22. The minimum absolute atomic E-state index is 0.353. The number of ether oxygens (including phenoxy) is 1. The van der Waals surface area contributed by atoms with Gasteiger partial charge in [-0.05, 0) is 96.2 Å². The van der Waals surface area contributed by atoms with E-state index in [1.165, 1.54) is 11.1 Å². The lowest BCUT2D eigenvalue weighted by Gasteiger charge is -2.32. The zero-order valence-corrected chi connectivity index (χ0v) is 23.8. The SMILES string of the molecule is O=C1NC(=O)/C(=C/c2ccnc(N3CCC(CNCc4cccc(-c5ccc(Oc6ccccc6)cc5)c4)CC3)n2)S1. The normalized spacial score (nSPS) is 16.6. The first-order valence-electron chi connectivity index (χ1n) is 14.0. The number of para-hydroxylation sites is 1. The van der Waals surface area contributed by atoms with Crippen LogP contribution < -0.4 is 20.3 Å². The minimum Gasteiger partial charge on any atom is -0.457 e. The first-order valence-corrected chi connectivity index (χ1v) is 14.9. The van der Waals surface area contributed by atoms with E-state index in [9.17, 15) is 9.59 Å². The van der Waals surface area contributed by atoms with Gasteiger partial charge in [-0.15, -0.1) is 0 Å². The quantitative estimate of drug-likeness (QED) is 0.225. The molecule has 9 heteroatoms. The van der Waals surface area contributed by atoms with E-state index in [1.54, 1.807) is 18.3 Å². The molecule has 0 unspecified atom stereocenters. The lowest BCUT2D eigenvalue weighted by Crippen LogP contribution is -2.38. The molecule has 0 bridgehead atoms. The molecule has 0 saturated carbocycles. The highest BCUT2D eigenvalue weighted by Gasteiger charge is 2.25. The molecule has 1 aromatic heterocycles. The summed E-state index contributed by atoms with van der Waals surface area (Å²) in [6.45, 7) is 3.52. The Hall–Kier alpha value is -4.47. The molecule has 2 saturated heterocycles. The van der Waals surface area contributed by atoms with Crippen molar-refractivity contribution < 1.29 is 14.3 Å². The molecule has 2 aliphatic heterocycles. The molecule has 3 heterocycles. The summed E-state index contributed by atoms with van der Waals surface area (Å²) in [4.78, 5) is 34.9. The van der Waals surface area contributed by atoms with Gasteiger partial charge in [0.25, 0.3) is 11.1 Å². The van der Waals surface area contributed by atoms with Gasteiger partial charge < -0.3 is 15.0 Å². The van der Waals surface area contributed by atoms with Gasteiger partial charge in [-0.25, -0.2) is 9.97 Å². The molecular formula is C33H31N5O3S. The Balaban J connectivity index is 0.976. The molecule has 2 aliphatic rings. The number of anilines is 1. The van der Waals surface area contributed by atoms with E-state index in [0.717, 1.165) is 67.8 Å². The lowest BCUT2D eigenvalue weighted by molar-refractivity contribution is -0.115. The van der Waals surface area contributed by atoms with E-state index >= 15 is 0 Å². The zero-order valence-electron chi connectivity index (χ0n) is 23.0. The molecule has 4 aromatic rings. The number of piperidine rings is 1. The molecule has 6 rings (SSSR count). The average molecular weight is 578 g/mol. The van der Waals surface area contributed by atoms with Crippen molar-refractivity contribution in [3.05, 3.63) is 107 Å². The summed E-state index contributed by atoms with van der Waals surface area (Å²) in [5.74, 6) is 2.50. The summed E-state index contributed by atoms with van der Waals surface area (Å²) >= 11 is 0.892. The number of amides is 2.